The van der Waals surface area contributed by atoms with Gasteiger partial charge in [0, 0.05) is 20.6 Å². The van der Waals surface area contributed by atoms with Crippen molar-refractivity contribution in [2.75, 3.05) is 14.2 Å². The first-order chi connectivity index (χ1) is 9.52. The summed E-state index contributed by atoms with van der Waals surface area (Å²) in [5.74, 6) is 0.757. The Bertz CT molecular complexity index is 291. The molecule has 1 rings (SSSR count). The van der Waals surface area contributed by atoms with E-state index in [2.05, 4.69) is 31.9 Å². The molecule has 0 radical (unpaired) electrons. The van der Waals surface area contributed by atoms with Crippen molar-refractivity contribution in [3.63, 3.8) is 0 Å². The fourth-order valence-corrected chi connectivity index (χ4v) is 3.71. The number of rotatable bonds is 11. The van der Waals surface area contributed by atoms with Gasteiger partial charge in [0.15, 0.2) is 12.1 Å². The second-order valence-electron chi connectivity index (χ2n) is 5.55. The van der Waals surface area contributed by atoms with Crippen LogP contribution in [0.25, 0.3) is 0 Å². The van der Waals surface area contributed by atoms with Crippen LogP contribution in [0.3, 0.4) is 0 Å². The number of methoxy groups -OCH3 is 2. The smallest absolute Gasteiger partial charge is 0.160 e. The van der Waals surface area contributed by atoms with Gasteiger partial charge in [-0.1, -0.05) is 64.0 Å². The molecule has 5 heteroatoms. The van der Waals surface area contributed by atoms with E-state index in [0.29, 0.717) is 5.92 Å². The lowest BCUT2D eigenvalue weighted by Gasteiger charge is -2.38. The van der Waals surface area contributed by atoms with Crippen molar-refractivity contribution in [3.8, 4) is 0 Å². The Morgan fingerprint density at radius 2 is 1.65 bits per heavy atom. The number of ketones is 1. The molecule has 1 saturated carbocycles. The van der Waals surface area contributed by atoms with E-state index in [1.54, 1.807) is 14.2 Å². The SMILES string of the molecule is COC(CCCCCCCCC1CC(=O)C1(Br)Br)OC. The van der Waals surface area contributed by atoms with Crippen molar-refractivity contribution < 1.29 is 14.3 Å². The van der Waals surface area contributed by atoms with Crippen molar-refractivity contribution in [2.24, 2.45) is 5.92 Å². The summed E-state index contributed by atoms with van der Waals surface area (Å²) in [6.45, 7) is 0. The lowest BCUT2D eigenvalue weighted by atomic mass is 9.80. The van der Waals surface area contributed by atoms with Gasteiger partial charge >= 0.3 is 0 Å². The fraction of sp³-hybridized carbons (Fsp3) is 0.933. The Labute approximate surface area is 139 Å². The van der Waals surface area contributed by atoms with Gasteiger partial charge in [0.25, 0.3) is 0 Å². The predicted octanol–water partition coefficient (Wildman–Crippen LogP) is 4.80. The van der Waals surface area contributed by atoms with Crippen LogP contribution in [-0.2, 0) is 14.3 Å². The average molecular weight is 414 g/mol. The molecule has 0 bridgehead atoms. The highest BCUT2D eigenvalue weighted by Crippen LogP contribution is 2.49. The van der Waals surface area contributed by atoms with Gasteiger partial charge < -0.3 is 9.47 Å². The number of Topliss-reactive ketones (excluding diaryl/α,β-unsaturated/α-hetero) is 1. The lowest BCUT2D eigenvalue weighted by Crippen LogP contribution is -2.46. The number of ether oxygens (including phenoxy) is 2. The van der Waals surface area contributed by atoms with Crippen LogP contribution < -0.4 is 0 Å². The van der Waals surface area contributed by atoms with Crippen LogP contribution in [0.15, 0.2) is 0 Å². The highest BCUT2D eigenvalue weighted by molar-refractivity contribution is 9.26. The Hall–Kier alpha value is 0.550. The molecule has 0 aliphatic heterocycles. The molecule has 1 atom stereocenters. The third-order valence-electron chi connectivity index (χ3n) is 4.08. The van der Waals surface area contributed by atoms with E-state index in [-0.39, 0.29) is 12.1 Å². The largest absolute Gasteiger partial charge is 0.356 e. The summed E-state index contributed by atoms with van der Waals surface area (Å²) in [6.07, 6.45) is 10.2. The molecule has 0 aromatic heterocycles. The van der Waals surface area contributed by atoms with Crippen molar-refractivity contribution in [1.82, 2.24) is 0 Å². The Kier molecular flexibility index (Phi) is 8.87. The molecule has 0 aromatic rings. The quantitative estimate of drug-likeness (QED) is 0.277. The summed E-state index contributed by atoms with van der Waals surface area (Å²) in [7, 11) is 3.38. The highest BCUT2D eigenvalue weighted by Gasteiger charge is 2.50. The lowest BCUT2D eigenvalue weighted by molar-refractivity contribution is -0.127. The van der Waals surface area contributed by atoms with Crippen LogP contribution in [0.4, 0.5) is 0 Å². The monoisotopic (exact) mass is 412 g/mol. The summed E-state index contributed by atoms with van der Waals surface area (Å²) < 4.78 is 9.91. The number of unbranched alkanes of at least 4 members (excludes halogenated alkanes) is 5. The van der Waals surface area contributed by atoms with Gasteiger partial charge in [-0.25, -0.2) is 0 Å². The van der Waals surface area contributed by atoms with E-state index in [1.807, 2.05) is 0 Å². The van der Waals surface area contributed by atoms with Gasteiger partial charge in [-0.2, -0.15) is 0 Å². The first-order valence-electron chi connectivity index (χ1n) is 7.49. The van der Waals surface area contributed by atoms with E-state index in [1.165, 1.54) is 32.1 Å². The summed E-state index contributed by atoms with van der Waals surface area (Å²) in [5, 5.41) is 0. The van der Waals surface area contributed by atoms with E-state index in [0.717, 1.165) is 25.7 Å². The molecule has 0 N–H and O–H groups in total. The second-order valence-corrected chi connectivity index (χ2v) is 9.11. The van der Waals surface area contributed by atoms with Gasteiger partial charge in [-0.3, -0.25) is 4.79 Å². The maximum atomic E-state index is 11.4. The first kappa shape index (κ1) is 18.6. The molecule has 1 aliphatic rings. The van der Waals surface area contributed by atoms with E-state index < -0.39 is 3.23 Å². The van der Waals surface area contributed by atoms with Crippen LogP contribution in [0.1, 0.15) is 57.8 Å². The normalized spacial score (nSPS) is 21.2. The van der Waals surface area contributed by atoms with Crippen LogP contribution in [-0.4, -0.2) is 29.5 Å². The third-order valence-corrected chi connectivity index (χ3v) is 6.26. The molecule has 0 heterocycles. The van der Waals surface area contributed by atoms with E-state index in [9.17, 15) is 4.79 Å². The van der Waals surface area contributed by atoms with Crippen LogP contribution in [0.5, 0.6) is 0 Å². The molecule has 0 spiro atoms. The van der Waals surface area contributed by atoms with Crippen molar-refractivity contribution in [3.05, 3.63) is 0 Å². The number of carbonyl (C=O) groups is 1. The zero-order valence-electron chi connectivity index (χ0n) is 12.5. The third kappa shape index (κ3) is 5.74. The summed E-state index contributed by atoms with van der Waals surface area (Å²) in [5.41, 5.74) is 0. The summed E-state index contributed by atoms with van der Waals surface area (Å²) in [6, 6.07) is 0. The van der Waals surface area contributed by atoms with E-state index >= 15 is 0 Å². The number of carbonyl (C=O) groups excluding carboxylic acids is 1. The standard InChI is InChI=1S/C15H26Br2O3/c1-19-14(20-2)10-8-6-4-3-5-7-9-12-11-13(18)15(12,16)17/h12,14H,3-11H2,1-2H3. The van der Waals surface area contributed by atoms with E-state index in [4.69, 9.17) is 9.47 Å². The maximum absolute atomic E-state index is 11.4. The average Bonchev–Trinajstić information content (AvgIpc) is 2.44. The zero-order valence-corrected chi connectivity index (χ0v) is 15.7. The minimum atomic E-state index is -0.407. The van der Waals surface area contributed by atoms with Gasteiger partial charge in [-0.15, -0.1) is 0 Å². The van der Waals surface area contributed by atoms with Gasteiger partial charge in [0.1, 0.15) is 3.23 Å². The molecule has 1 aliphatic carbocycles. The Morgan fingerprint density at radius 1 is 1.10 bits per heavy atom. The Balaban J connectivity index is 1.90. The molecule has 0 aromatic carbocycles. The molecule has 0 amide bonds. The maximum Gasteiger partial charge on any atom is 0.160 e. The molecular formula is C15H26Br2O3. The van der Waals surface area contributed by atoms with Crippen molar-refractivity contribution in [2.45, 2.75) is 67.3 Å². The zero-order chi connectivity index (χ0) is 15.0. The molecular weight excluding hydrogens is 388 g/mol. The van der Waals surface area contributed by atoms with Crippen LogP contribution >= 0.6 is 31.9 Å². The highest BCUT2D eigenvalue weighted by atomic mass is 79.9. The van der Waals surface area contributed by atoms with Gasteiger partial charge in [-0.05, 0) is 25.2 Å². The predicted molar refractivity (Wildman–Crippen MR) is 88.4 cm³/mol. The number of halogens is 2. The number of hydrogen-bond donors (Lipinski definition) is 0. The fourth-order valence-electron chi connectivity index (χ4n) is 2.61. The number of alkyl halides is 2. The molecule has 20 heavy (non-hydrogen) atoms. The topological polar surface area (TPSA) is 35.5 Å². The Morgan fingerprint density at radius 3 is 2.15 bits per heavy atom. The molecule has 118 valence electrons. The summed E-state index contributed by atoms with van der Waals surface area (Å²) >= 11 is 6.94. The van der Waals surface area contributed by atoms with Crippen molar-refractivity contribution in [1.29, 1.82) is 0 Å². The number of hydrogen-bond acceptors (Lipinski definition) is 3. The first-order valence-corrected chi connectivity index (χ1v) is 9.07. The minimum absolute atomic E-state index is 0.0443. The molecule has 0 saturated heterocycles. The minimum Gasteiger partial charge on any atom is -0.356 e. The molecule has 3 nitrogen and oxygen atoms in total. The second kappa shape index (κ2) is 9.54. The molecule has 1 fully saturated rings. The summed E-state index contributed by atoms with van der Waals surface area (Å²) in [4.78, 5) is 11.4. The van der Waals surface area contributed by atoms with Crippen LogP contribution in [0, 0.1) is 5.92 Å². The van der Waals surface area contributed by atoms with Gasteiger partial charge in [0.05, 0.1) is 0 Å². The van der Waals surface area contributed by atoms with Crippen LogP contribution in [0.2, 0.25) is 0 Å². The van der Waals surface area contributed by atoms with Gasteiger partial charge in [0.2, 0.25) is 0 Å². The van der Waals surface area contributed by atoms with Crippen molar-refractivity contribution >= 4 is 37.6 Å². The molecule has 1 unspecified atom stereocenters.